The summed E-state index contributed by atoms with van der Waals surface area (Å²) in [6, 6.07) is 14.7. The molecule has 24 heavy (non-hydrogen) atoms. The highest BCUT2D eigenvalue weighted by atomic mass is 32.2. The quantitative estimate of drug-likeness (QED) is 0.847. The second kappa shape index (κ2) is 6.69. The maximum Gasteiger partial charge on any atom is 0.263 e. The lowest BCUT2D eigenvalue weighted by Gasteiger charge is -2.26. The molecule has 0 bridgehead atoms. The van der Waals surface area contributed by atoms with Crippen LogP contribution in [0, 0.1) is 6.92 Å². The van der Waals surface area contributed by atoms with Gasteiger partial charge in [0, 0.05) is 12.7 Å². The van der Waals surface area contributed by atoms with Crippen LogP contribution in [0.25, 0.3) is 5.57 Å². The number of ether oxygens (including phenoxy) is 1. The molecule has 0 radical (unpaired) electrons. The summed E-state index contributed by atoms with van der Waals surface area (Å²) in [6.07, 6.45) is 3.44. The second-order valence-corrected chi connectivity index (χ2v) is 7.81. The van der Waals surface area contributed by atoms with E-state index in [1.807, 2.05) is 43.3 Å². The fourth-order valence-electron chi connectivity index (χ4n) is 2.79. The minimum Gasteiger partial charge on any atom is -0.497 e. The van der Waals surface area contributed by atoms with Crippen molar-refractivity contribution in [3.63, 3.8) is 0 Å². The fraction of sp³-hybridized carbons (Fsp3) is 0.263. The standard InChI is InChI=1S/C19H21NO3S/c1-15-5-11-19(12-6-15)24(21,22)20-13-3-4-17(14-20)16-7-9-18(23-2)10-8-16/h5-12,14H,3-4,13H2,1-2H3. The van der Waals surface area contributed by atoms with Gasteiger partial charge >= 0.3 is 0 Å². The van der Waals surface area contributed by atoms with Crippen molar-refractivity contribution in [2.75, 3.05) is 13.7 Å². The van der Waals surface area contributed by atoms with Crippen LogP contribution in [0.2, 0.25) is 0 Å². The first kappa shape index (κ1) is 16.6. The van der Waals surface area contributed by atoms with Crippen LogP contribution in [0.3, 0.4) is 0 Å². The summed E-state index contributed by atoms with van der Waals surface area (Å²) in [7, 11) is -1.87. The molecule has 3 rings (SSSR count). The molecule has 5 heteroatoms. The number of aryl methyl sites for hydroxylation is 1. The van der Waals surface area contributed by atoms with Gasteiger partial charge in [-0.15, -0.1) is 0 Å². The predicted octanol–water partition coefficient (Wildman–Crippen LogP) is 3.83. The number of hydrogen-bond donors (Lipinski definition) is 0. The lowest BCUT2D eigenvalue weighted by molar-refractivity contribution is 0.414. The number of sulfonamides is 1. The van der Waals surface area contributed by atoms with Gasteiger partial charge in [-0.2, -0.15) is 0 Å². The average molecular weight is 343 g/mol. The van der Waals surface area contributed by atoms with E-state index in [9.17, 15) is 8.42 Å². The molecule has 1 aliphatic rings. The Morgan fingerprint density at radius 2 is 1.67 bits per heavy atom. The minimum absolute atomic E-state index is 0.334. The van der Waals surface area contributed by atoms with Crippen LogP contribution in [0.4, 0.5) is 0 Å². The molecule has 0 saturated carbocycles. The van der Waals surface area contributed by atoms with Crippen LogP contribution >= 0.6 is 0 Å². The predicted molar refractivity (Wildman–Crippen MR) is 95.3 cm³/mol. The van der Waals surface area contributed by atoms with E-state index in [0.717, 1.165) is 35.3 Å². The Bertz CT molecular complexity index is 837. The monoisotopic (exact) mass is 343 g/mol. The highest BCUT2D eigenvalue weighted by molar-refractivity contribution is 7.89. The van der Waals surface area contributed by atoms with Gasteiger partial charge in [0.1, 0.15) is 5.75 Å². The Kier molecular flexibility index (Phi) is 4.62. The largest absolute Gasteiger partial charge is 0.497 e. The molecule has 1 heterocycles. The highest BCUT2D eigenvalue weighted by Gasteiger charge is 2.24. The van der Waals surface area contributed by atoms with E-state index in [2.05, 4.69) is 0 Å². The first-order chi connectivity index (χ1) is 11.5. The molecule has 0 aliphatic carbocycles. The van der Waals surface area contributed by atoms with E-state index in [1.54, 1.807) is 25.4 Å². The Labute approximate surface area is 143 Å². The first-order valence-electron chi connectivity index (χ1n) is 7.94. The molecule has 2 aromatic carbocycles. The molecule has 0 N–H and O–H groups in total. The Morgan fingerprint density at radius 3 is 2.29 bits per heavy atom. The Hall–Kier alpha value is -2.27. The van der Waals surface area contributed by atoms with Crippen molar-refractivity contribution in [1.82, 2.24) is 4.31 Å². The smallest absolute Gasteiger partial charge is 0.263 e. The molecular weight excluding hydrogens is 322 g/mol. The molecule has 1 aliphatic heterocycles. The van der Waals surface area contributed by atoms with Gasteiger partial charge in [-0.3, -0.25) is 4.31 Å². The van der Waals surface area contributed by atoms with E-state index < -0.39 is 10.0 Å². The van der Waals surface area contributed by atoms with Gasteiger partial charge in [-0.05, 0) is 55.2 Å². The zero-order valence-corrected chi connectivity index (χ0v) is 14.7. The van der Waals surface area contributed by atoms with E-state index in [0.29, 0.717) is 11.4 Å². The molecule has 2 aromatic rings. The maximum atomic E-state index is 12.8. The van der Waals surface area contributed by atoms with E-state index in [1.165, 1.54) is 4.31 Å². The highest BCUT2D eigenvalue weighted by Crippen LogP contribution is 2.29. The van der Waals surface area contributed by atoms with Gasteiger partial charge in [0.15, 0.2) is 0 Å². The SMILES string of the molecule is COc1ccc(C2=CN(S(=O)(=O)c3ccc(C)cc3)CCC2)cc1. The number of benzene rings is 2. The summed E-state index contributed by atoms with van der Waals surface area (Å²) < 4.78 is 32.3. The lowest BCUT2D eigenvalue weighted by atomic mass is 10.0. The maximum absolute atomic E-state index is 12.8. The molecule has 126 valence electrons. The zero-order valence-electron chi connectivity index (χ0n) is 13.9. The summed E-state index contributed by atoms with van der Waals surface area (Å²) in [4.78, 5) is 0.334. The number of rotatable bonds is 4. The first-order valence-corrected chi connectivity index (χ1v) is 9.38. The normalized spacial score (nSPS) is 15.1. The molecule has 0 saturated heterocycles. The topological polar surface area (TPSA) is 46.6 Å². The Balaban J connectivity index is 1.91. The van der Waals surface area contributed by atoms with Gasteiger partial charge in [-0.1, -0.05) is 29.8 Å². The number of hydrogen-bond acceptors (Lipinski definition) is 3. The molecule has 4 nitrogen and oxygen atoms in total. The summed E-state index contributed by atoms with van der Waals surface area (Å²) in [5, 5.41) is 0. The van der Waals surface area contributed by atoms with Crippen molar-refractivity contribution in [1.29, 1.82) is 0 Å². The molecule has 0 spiro atoms. The van der Waals surface area contributed by atoms with Gasteiger partial charge in [0.25, 0.3) is 10.0 Å². The third kappa shape index (κ3) is 3.31. The Morgan fingerprint density at radius 1 is 1.00 bits per heavy atom. The van der Waals surface area contributed by atoms with Crippen molar-refractivity contribution in [3.05, 3.63) is 65.9 Å². The number of allylic oxidation sites excluding steroid dienone is 1. The average Bonchev–Trinajstić information content (AvgIpc) is 2.62. The van der Waals surface area contributed by atoms with E-state index in [-0.39, 0.29) is 0 Å². The fourth-order valence-corrected chi connectivity index (χ4v) is 4.17. The van der Waals surface area contributed by atoms with Gasteiger partial charge in [-0.25, -0.2) is 8.42 Å². The lowest BCUT2D eigenvalue weighted by Crippen LogP contribution is -2.29. The molecule has 0 fully saturated rings. The van der Waals surface area contributed by atoms with Crippen LogP contribution in [-0.4, -0.2) is 26.4 Å². The van der Waals surface area contributed by atoms with Crippen molar-refractivity contribution in [2.24, 2.45) is 0 Å². The molecular formula is C19H21NO3S. The summed E-state index contributed by atoms with van der Waals surface area (Å²) >= 11 is 0. The number of methoxy groups -OCH3 is 1. The minimum atomic E-state index is -3.50. The van der Waals surface area contributed by atoms with Crippen LogP contribution in [-0.2, 0) is 10.0 Å². The van der Waals surface area contributed by atoms with E-state index in [4.69, 9.17) is 4.74 Å². The summed E-state index contributed by atoms with van der Waals surface area (Å²) in [5.74, 6) is 0.791. The molecule has 0 aromatic heterocycles. The molecule has 0 unspecified atom stereocenters. The van der Waals surface area contributed by atoms with Gasteiger partial charge in [0.2, 0.25) is 0 Å². The van der Waals surface area contributed by atoms with Crippen molar-refractivity contribution >= 4 is 15.6 Å². The third-order valence-electron chi connectivity index (χ3n) is 4.21. The summed E-state index contributed by atoms with van der Waals surface area (Å²) in [5.41, 5.74) is 3.10. The third-order valence-corrected chi connectivity index (χ3v) is 5.99. The van der Waals surface area contributed by atoms with Crippen LogP contribution in [0.15, 0.2) is 59.6 Å². The van der Waals surface area contributed by atoms with Crippen LogP contribution in [0.5, 0.6) is 5.75 Å². The second-order valence-electron chi connectivity index (χ2n) is 5.92. The van der Waals surface area contributed by atoms with Crippen molar-refractivity contribution < 1.29 is 13.2 Å². The van der Waals surface area contributed by atoms with E-state index >= 15 is 0 Å². The van der Waals surface area contributed by atoms with Crippen molar-refractivity contribution in [2.45, 2.75) is 24.7 Å². The molecule has 0 amide bonds. The molecule has 0 atom stereocenters. The van der Waals surface area contributed by atoms with Gasteiger partial charge < -0.3 is 4.74 Å². The summed E-state index contributed by atoms with van der Waals surface area (Å²) in [6.45, 7) is 2.45. The van der Waals surface area contributed by atoms with Crippen molar-refractivity contribution in [3.8, 4) is 5.75 Å². The van der Waals surface area contributed by atoms with Gasteiger partial charge in [0.05, 0.1) is 12.0 Å². The number of nitrogens with zero attached hydrogens (tertiary/aromatic N) is 1. The zero-order chi connectivity index (χ0) is 17.2. The van der Waals surface area contributed by atoms with Crippen LogP contribution < -0.4 is 4.74 Å². The van der Waals surface area contributed by atoms with Crippen LogP contribution in [0.1, 0.15) is 24.0 Å².